The van der Waals surface area contributed by atoms with Crippen LogP contribution < -0.4 is 5.32 Å². The molecule has 0 radical (unpaired) electrons. The summed E-state index contributed by atoms with van der Waals surface area (Å²) in [6, 6.07) is -0.798. The molecular weight excluding hydrogens is 264 g/mol. The van der Waals surface area contributed by atoms with Crippen LogP contribution in [-0.2, 0) is 20.4 Å². The first-order chi connectivity index (χ1) is 8.36. The average molecular weight is 280 g/mol. The Hall–Kier alpha value is -1.64. The third-order valence-electron chi connectivity index (χ3n) is 1.87. The molecule has 0 aliphatic rings. The molecule has 0 bridgehead atoms. The van der Waals surface area contributed by atoms with Crippen LogP contribution in [0.25, 0.3) is 0 Å². The van der Waals surface area contributed by atoms with Crippen LogP contribution >= 0.6 is 0 Å². The molecule has 0 aromatic rings. The molecule has 8 nitrogen and oxygen atoms in total. The minimum absolute atomic E-state index is 0.106. The lowest BCUT2D eigenvalue weighted by molar-refractivity contribution is -0.140. The summed E-state index contributed by atoms with van der Waals surface area (Å²) in [6.45, 7) is 0.443. The number of carboxylic acid groups (broad SMARTS) is 2. The molecule has 0 aromatic heterocycles. The standard InChI is InChI=1S/C9H16N2O6S/c1-2-18(17)4-3-10-9(16)11(5-7(12)13)6-8(14)15/h2-6H2,1H3,(H,10,16)(H,12,13)(H,14,15). The van der Waals surface area contributed by atoms with Gasteiger partial charge >= 0.3 is 18.0 Å². The first-order valence-electron chi connectivity index (χ1n) is 5.18. The summed E-state index contributed by atoms with van der Waals surface area (Å²) in [7, 11) is -1.04. The summed E-state index contributed by atoms with van der Waals surface area (Å²) < 4.78 is 11.1. The summed E-state index contributed by atoms with van der Waals surface area (Å²) in [5, 5.41) is 19.4. The Balaban J connectivity index is 4.24. The molecule has 18 heavy (non-hydrogen) atoms. The average Bonchev–Trinajstić information content (AvgIpc) is 2.26. The van der Waals surface area contributed by atoms with Crippen molar-refractivity contribution in [1.82, 2.24) is 10.2 Å². The van der Waals surface area contributed by atoms with E-state index in [2.05, 4.69) is 5.32 Å². The van der Waals surface area contributed by atoms with Crippen molar-refractivity contribution in [2.45, 2.75) is 6.92 Å². The third-order valence-corrected chi connectivity index (χ3v) is 3.17. The normalized spacial score (nSPS) is 11.6. The number of urea groups is 1. The van der Waals surface area contributed by atoms with E-state index in [0.29, 0.717) is 10.7 Å². The van der Waals surface area contributed by atoms with E-state index >= 15 is 0 Å². The van der Waals surface area contributed by atoms with Gasteiger partial charge < -0.3 is 20.4 Å². The highest BCUT2D eigenvalue weighted by molar-refractivity contribution is 7.84. The second-order valence-corrected chi connectivity index (χ2v) is 5.17. The van der Waals surface area contributed by atoms with Crippen LogP contribution in [-0.4, -0.2) is 68.4 Å². The molecular formula is C9H16N2O6S. The van der Waals surface area contributed by atoms with Gasteiger partial charge in [-0.2, -0.15) is 0 Å². The molecule has 1 atom stereocenters. The molecule has 0 aliphatic carbocycles. The third kappa shape index (κ3) is 7.60. The number of carbonyl (C=O) groups excluding carboxylic acids is 1. The van der Waals surface area contributed by atoms with Crippen molar-refractivity contribution in [3.05, 3.63) is 0 Å². The molecule has 0 heterocycles. The van der Waals surface area contributed by atoms with Crippen LogP contribution in [0.2, 0.25) is 0 Å². The van der Waals surface area contributed by atoms with Gasteiger partial charge in [-0.15, -0.1) is 0 Å². The molecule has 0 saturated carbocycles. The minimum atomic E-state index is -1.30. The molecule has 1 unspecified atom stereocenters. The molecule has 9 heteroatoms. The van der Waals surface area contributed by atoms with Crippen LogP contribution in [0, 0.1) is 0 Å². The zero-order valence-corrected chi connectivity index (χ0v) is 10.7. The van der Waals surface area contributed by atoms with Crippen molar-refractivity contribution >= 4 is 28.8 Å². The van der Waals surface area contributed by atoms with Gasteiger partial charge in [-0.25, -0.2) is 4.79 Å². The molecule has 0 rings (SSSR count). The van der Waals surface area contributed by atoms with Crippen molar-refractivity contribution in [2.24, 2.45) is 0 Å². The summed E-state index contributed by atoms with van der Waals surface area (Å²) in [6.07, 6.45) is 0. The predicted octanol–water partition coefficient (Wildman–Crippen LogP) is -1.06. The second kappa shape index (κ2) is 8.45. The lowest BCUT2D eigenvalue weighted by atomic mass is 10.5. The number of nitrogens with zero attached hydrogens (tertiary/aromatic N) is 1. The van der Waals surface area contributed by atoms with Gasteiger partial charge in [0.15, 0.2) is 0 Å². The lowest BCUT2D eigenvalue weighted by Crippen LogP contribution is -2.46. The number of nitrogens with one attached hydrogen (secondary N) is 1. The fourth-order valence-corrected chi connectivity index (χ4v) is 1.67. The Kier molecular flexibility index (Phi) is 7.68. The van der Waals surface area contributed by atoms with Crippen LogP contribution in [0.1, 0.15) is 6.92 Å². The Morgan fingerprint density at radius 1 is 1.17 bits per heavy atom. The second-order valence-electron chi connectivity index (χ2n) is 3.31. The number of hydrogen-bond donors (Lipinski definition) is 3. The van der Waals surface area contributed by atoms with Crippen molar-refractivity contribution in [1.29, 1.82) is 0 Å². The van der Waals surface area contributed by atoms with Gasteiger partial charge in [0, 0.05) is 28.9 Å². The Bertz CT molecular complexity index is 330. The van der Waals surface area contributed by atoms with Gasteiger partial charge in [0.05, 0.1) is 0 Å². The molecule has 0 fully saturated rings. The molecule has 0 saturated heterocycles. The van der Waals surface area contributed by atoms with Crippen LogP contribution in [0.15, 0.2) is 0 Å². The van der Waals surface area contributed by atoms with Gasteiger partial charge in [-0.05, 0) is 0 Å². The molecule has 0 spiro atoms. The number of rotatable bonds is 8. The van der Waals surface area contributed by atoms with Gasteiger partial charge in [-0.1, -0.05) is 6.92 Å². The van der Waals surface area contributed by atoms with E-state index in [9.17, 15) is 18.6 Å². The maximum Gasteiger partial charge on any atom is 0.323 e. The Labute approximate surface area is 106 Å². The number of carboxylic acids is 2. The number of hydrogen-bond acceptors (Lipinski definition) is 4. The zero-order chi connectivity index (χ0) is 14.1. The first-order valence-corrected chi connectivity index (χ1v) is 6.67. The molecule has 2 amide bonds. The topological polar surface area (TPSA) is 124 Å². The minimum Gasteiger partial charge on any atom is -0.480 e. The van der Waals surface area contributed by atoms with Crippen molar-refractivity contribution < 1.29 is 28.8 Å². The van der Waals surface area contributed by atoms with Crippen LogP contribution in [0.3, 0.4) is 0 Å². The number of carbonyl (C=O) groups is 3. The maximum absolute atomic E-state index is 11.5. The highest BCUT2D eigenvalue weighted by Gasteiger charge is 2.19. The van der Waals surface area contributed by atoms with E-state index < -0.39 is 41.9 Å². The Morgan fingerprint density at radius 2 is 1.67 bits per heavy atom. The number of amides is 2. The zero-order valence-electron chi connectivity index (χ0n) is 9.92. The van der Waals surface area contributed by atoms with Gasteiger partial charge in [0.2, 0.25) is 0 Å². The van der Waals surface area contributed by atoms with E-state index in [1.54, 1.807) is 6.92 Å². The van der Waals surface area contributed by atoms with Crippen molar-refractivity contribution in [2.75, 3.05) is 31.1 Å². The van der Waals surface area contributed by atoms with Gasteiger partial charge in [-0.3, -0.25) is 13.8 Å². The summed E-state index contributed by atoms with van der Waals surface area (Å²) in [4.78, 5) is 33.0. The van der Waals surface area contributed by atoms with E-state index in [-0.39, 0.29) is 12.3 Å². The number of aliphatic carboxylic acids is 2. The highest BCUT2D eigenvalue weighted by atomic mass is 32.2. The van der Waals surface area contributed by atoms with E-state index in [1.165, 1.54) is 0 Å². The highest BCUT2D eigenvalue weighted by Crippen LogP contribution is 1.90. The molecule has 104 valence electrons. The first kappa shape index (κ1) is 16.4. The van der Waals surface area contributed by atoms with Gasteiger partial charge in [0.1, 0.15) is 13.1 Å². The summed E-state index contributed by atoms with van der Waals surface area (Å²) in [5.74, 6) is -1.90. The monoisotopic (exact) mass is 280 g/mol. The van der Waals surface area contributed by atoms with E-state index in [0.717, 1.165) is 0 Å². The SMILES string of the molecule is CCS(=O)CCNC(=O)N(CC(=O)O)CC(=O)O. The Morgan fingerprint density at radius 3 is 2.06 bits per heavy atom. The molecule has 3 N–H and O–H groups in total. The fourth-order valence-electron chi connectivity index (χ4n) is 1.05. The smallest absolute Gasteiger partial charge is 0.323 e. The quantitative estimate of drug-likeness (QED) is 0.520. The maximum atomic E-state index is 11.5. The summed E-state index contributed by atoms with van der Waals surface area (Å²) in [5.41, 5.74) is 0. The molecule has 0 aromatic carbocycles. The van der Waals surface area contributed by atoms with Crippen molar-refractivity contribution in [3.8, 4) is 0 Å². The summed E-state index contributed by atoms with van der Waals surface area (Å²) >= 11 is 0. The fraction of sp³-hybridized carbons (Fsp3) is 0.667. The van der Waals surface area contributed by atoms with Gasteiger partial charge in [0.25, 0.3) is 0 Å². The van der Waals surface area contributed by atoms with E-state index in [1.807, 2.05) is 0 Å². The van der Waals surface area contributed by atoms with Crippen molar-refractivity contribution in [3.63, 3.8) is 0 Å². The predicted molar refractivity (Wildman–Crippen MR) is 63.8 cm³/mol. The van der Waals surface area contributed by atoms with Crippen LogP contribution in [0.4, 0.5) is 4.79 Å². The largest absolute Gasteiger partial charge is 0.480 e. The lowest BCUT2D eigenvalue weighted by Gasteiger charge is -2.18. The van der Waals surface area contributed by atoms with Crippen LogP contribution in [0.5, 0.6) is 0 Å². The molecule has 0 aliphatic heterocycles. The van der Waals surface area contributed by atoms with E-state index in [4.69, 9.17) is 10.2 Å².